The SMILES string of the molecule is CNCC=S(=O)=O. The summed E-state index contributed by atoms with van der Waals surface area (Å²) in [4.78, 5) is 0. The molecule has 0 aromatic heterocycles. The highest BCUT2D eigenvalue weighted by molar-refractivity contribution is 7.71. The predicted octanol–water partition coefficient (Wildman–Crippen LogP) is -1.11. The van der Waals surface area contributed by atoms with Crippen LogP contribution in [-0.4, -0.2) is 27.4 Å². The van der Waals surface area contributed by atoms with E-state index in [1.165, 1.54) is 0 Å². The minimum atomic E-state index is -2.00. The van der Waals surface area contributed by atoms with Gasteiger partial charge in [-0.2, -0.15) is 8.42 Å². The summed E-state index contributed by atoms with van der Waals surface area (Å²) in [6, 6.07) is 0. The average Bonchev–Trinajstić information content (AvgIpc) is 1.61. The van der Waals surface area contributed by atoms with Gasteiger partial charge in [0, 0.05) is 11.9 Å². The summed E-state index contributed by atoms with van der Waals surface area (Å²) in [6.45, 7) is 0.413. The summed E-state index contributed by atoms with van der Waals surface area (Å²) in [7, 11) is -0.319. The van der Waals surface area contributed by atoms with Crippen LogP contribution in [0.25, 0.3) is 0 Å². The monoisotopic (exact) mass is 121 g/mol. The summed E-state index contributed by atoms with van der Waals surface area (Å²) < 4.78 is 19.3. The van der Waals surface area contributed by atoms with E-state index in [1.807, 2.05) is 0 Å². The highest BCUT2D eigenvalue weighted by atomic mass is 32.2. The fourth-order valence-electron chi connectivity index (χ4n) is 0.151. The van der Waals surface area contributed by atoms with Crippen molar-refractivity contribution < 1.29 is 8.42 Å². The molecule has 0 aliphatic rings. The molecule has 7 heavy (non-hydrogen) atoms. The van der Waals surface area contributed by atoms with Gasteiger partial charge in [0.05, 0.1) is 0 Å². The van der Waals surface area contributed by atoms with Gasteiger partial charge in [-0.25, -0.2) is 0 Å². The van der Waals surface area contributed by atoms with Gasteiger partial charge in [0.25, 0.3) is 0 Å². The Morgan fingerprint density at radius 1 is 1.71 bits per heavy atom. The second-order valence-electron chi connectivity index (χ2n) is 0.985. The molecule has 0 aliphatic heterocycles. The maximum absolute atomic E-state index is 9.66. The zero-order valence-corrected chi connectivity index (χ0v) is 4.83. The molecular formula is C3H7NO2S. The van der Waals surface area contributed by atoms with E-state index in [1.54, 1.807) is 7.05 Å². The van der Waals surface area contributed by atoms with Crippen LogP contribution in [0.15, 0.2) is 0 Å². The van der Waals surface area contributed by atoms with Crippen LogP contribution in [0.3, 0.4) is 0 Å². The molecule has 0 unspecified atom stereocenters. The summed E-state index contributed by atoms with van der Waals surface area (Å²) in [6.07, 6.45) is 0. The summed E-state index contributed by atoms with van der Waals surface area (Å²) >= 11 is 0. The second-order valence-corrected chi connectivity index (χ2v) is 1.84. The van der Waals surface area contributed by atoms with Crippen molar-refractivity contribution in [2.45, 2.75) is 0 Å². The molecule has 1 N–H and O–H groups in total. The Labute approximate surface area is 43.9 Å². The molecule has 0 bridgehead atoms. The molecule has 0 atom stereocenters. The van der Waals surface area contributed by atoms with Gasteiger partial charge in [0.2, 0.25) is 10.3 Å². The van der Waals surface area contributed by atoms with Gasteiger partial charge in [-0.1, -0.05) is 0 Å². The molecule has 0 spiro atoms. The zero-order valence-electron chi connectivity index (χ0n) is 4.01. The van der Waals surface area contributed by atoms with Gasteiger partial charge in [-0.15, -0.1) is 0 Å². The third-order valence-electron chi connectivity index (χ3n) is 0.424. The predicted molar refractivity (Wildman–Crippen MR) is 28.9 cm³/mol. The number of rotatable bonds is 2. The van der Waals surface area contributed by atoms with Crippen LogP contribution in [0.4, 0.5) is 0 Å². The van der Waals surface area contributed by atoms with Gasteiger partial charge >= 0.3 is 0 Å². The van der Waals surface area contributed by atoms with Crippen LogP contribution in [0, 0.1) is 0 Å². The highest BCUT2D eigenvalue weighted by Gasteiger charge is 1.67. The highest BCUT2D eigenvalue weighted by Crippen LogP contribution is 1.40. The molecule has 3 nitrogen and oxygen atoms in total. The lowest BCUT2D eigenvalue weighted by molar-refractivity contribution is 0.627. The van der Waals surface area contributed by atoms with Crippen LogP contribution >= 0.6 is 0 Å². The zero-order chi connectivity index (χ0) is 5.70. The van der Waals surface area contributed by atoms with E-state index in [4.69, 9.17) is 0 Å². The quantitative estimate of drug-likeness (QED) is 0.471. The van der Waals surface area contributed by atoms with Crippen LogP contribution in [0.5, 0.6) is 0 Å². The Morgan fingerprint density at radius 3 is 2.43 bits per heavy atom. The molecule has 42 valence electrons. The largest absolute Gasteiger partial charge is 0.315 e. The molecule has 0 aromatic carbocycles. The lowest BCUT2D eigenvalue weighted by Gasteiger charge is -1.78. The maximum Gasteiger partial charge on any atom is 0.211 e. The van der Waals surface area contributed by atoms with Crippen LogP contribution < -0.4 is 5.32 Å². The molecule has 0 fully saturated rings. The lowest BCUT2D eigenvalue weighted by atomic mass is 10.8. The molecule has 0 rings (SSSR count). The normalized spacial score (nSPS) is 8.14. The second kappa shape index (κ2) is 3.83. The minimum Gasteiger partial charge on any atom is -0.315 e. The molecular weight excluding hydrogens is 114 g/mol. The first-order chi connectivity index (χ1) is 3.27. The molecule has 0 aliphatic carbocycles. The van der Waals surface area contributed by atoms with Crippen molar-refractivity contribution in [2.75, 3.05) is 13.6 Å². The maximum atomic E-state index is 9.66. The number of hydrogen-bond acceptors (Lipinski definition) is 3. The Bertz CT molecular complexity index is 138. The van der Waals surface area contributed by atoms with E-state index in [0.29, 0.717) is 6.54 Å². The first-order valence-electron chi connectivity index (χ1n) is 1.83. The summed E-state index contributed by atoms with van der Waals surface area (Å²) in [5, 5.41) is 3.80. The first kappa shape index (κ1) is 6.65. The van der Waals surface area contributed by atoms with Gasteiger partial charge in [0.15, 0.2) is 0 Å². The Morgan fingerprint density at radius 2 is 2.29 bits per heavy atom. The fourth-order valence-corrected chi connectivity index (χ4v) is 0.454. The van der Waals surface area contributed by atoms with Crippen molar-refractivity contribution in [1.82, 2.24) is 5.32 Å². The lowest BCUT2D eigenvalue weighted by Crippen LogP contribution is -2.08. The van der Waals surface area contributed by atoms with E-state index in [0.717, 1.165) is 5.37 Å². The van der Waals surface area contributed by atoms with E-state index < -0.39 is 10.3 Å². The van der Waals surface area contributed by atoms with Crippen molar-refractivity contribution in [3.05, 3.63) is 0 Å². The van der Waals surface area contributed by atoms with Gasteiger partial charge in [-0.3, -0.25) is 0 Å². The Hall–Kier alpha value is -0.350. The van der Waals surface area contributed by atoms with E-state index in [9.17, 15) is 8.42 Å². The number of hydrogen-bond donors (Lipinski definition) is 1. The van der Waals surface area contributed by atoms with Crippen molar-refractivity contribution in [3.8, 4) is 0 Å². The summed E-state index contributed by atoms with van der Waals surface area (Å²) in [5.41, 5.74) is 0. The Balaban J connectivity index is 3.49. The van der Waals surface area contributed by atoms with Gasteiger partial charge in [0.1, 0.15) is 0 Å². The van der Waals surface area contributed by atoms with Crippen LogP contribution in [-0.2, 0) is 10.3 Å². The first-order valence-corrected chi connectivity index (χ1v) is 2.97. The van der Waals surface area contributed by atoms with Gasteiger partial charge in [-0.05, 0) is 7.05 Å². The molecule has 0 saturated heterocycles. The average molecular weight is 121 g/mol. The molecule has 0 aromatic rings. The number of nitrogens with one attached hydrogen (secondary N) is 1. The van der Waals surface area contributed by atoms with Crippen LogP contribution in [0.2, 0.25) is 0 Å². The van der Waals surface area contributed by atoms with E-state index in [2.05, 4.69) is 5.32 Å². The third-order valence-corrected chi connectivity index (χ3v) is 0.862. The minimum absolute atomic E-state index is 0.413. The smallest absolute Gasteiger partial charge is 0.211 e. The van der Waals surface area contributed by atoms with E-state index in [-0.39, 0.29) is 0 Å². The molecule has 0 amide bonds. The fraction of sp³-hybridized carbons (Fsp3) is 0.667. The van der Waals surface area contributed by atoms with Crippen LogP contribution in [0.1, 0.15) is 0 Å². The standard InChI is InChI=1S/C3H7NO2S/c1-4-2-3-7(5)6/h3-4H,2H2,1H3. The topological polar surface area (TPSA) is 46.2 Å². The molecule has 0 heterocycles. The summed E-state index contributed by atoms with van der Waals surface area (Å²) in [5.74, 6) is 0. The molecule has 0 saturated carbocycles. The van der Waals surface area contributed by atoms with Crippen molar-refractivity contribution >= 4 is 15.7 Å². The van der Waals surface area contributed by atoms with E-state index >= 15 is 0 Å². The van der Waals surface area contributed by atoms with Gasteiger partial charge < -0.3 is 5.32 Å². The molecule has 4 heteroatoms. The Kier molecular flexibility index (Phi) is 3.64. The third kappa shape index (κ3) is 5.65. The van der Waals surface area contributed by atoms with Crippen molar-refractivity contribution in [1.29, 1.82) is 0 Å². The van der Waals surface area contributed by atoms with Crippen molar-refractivity contribution in [3.63, 3.8) is 0 Å². The molecule has 0 radical (unpaired) electrons. The van der Waals surface area contributed by atoms with Crippen molar-refractivity contribution in [2.24, 2.45) is 0 Å².